The van der Waals surface area contributed by atoms with E-state index >= 15 is 0 Å². The number of nitrogens with two attached hydrogens (primary N) is 2. The van der Waals surface area contributed by atoms with E-state index < -0.39 is 17.7 Å². The van der Waals surface area contributed by atoms with Crippen molar-refractivity contribution in [3.63, 3.8) is 0 Å². The Hall–Kier alpha value is -2.14. The summed E-state index contributed by atoms with van der Waals surface area (Å²) in [4.78, 5) is 25.1. The van der Waals surface area contributed by atoms with E-state index in [9.17, 15) is 9.59 Å². The van der Waals surface area contributed by atoms with Crippen LogP contribution >= 0.6 is 0 Å². The van der Waals surface area contributed by atoms with Crippen molar-refractivity contribution in [2.45, 2.75) is 12.5 Å². The smallest absolute Gasteiger partial charge is 0.286 e. The van der Waals surface area contributed by atoms with Gasteiger partial charge in [-0.25, -0.2) is 0 Å². The molecule has 5 heteroatoms. The molecule has 0 saturated carbocycles. The van der Waals surface area contributed by atoms with Gasteiger partial charge in [-0.2, -0.15) is 0 Å². The molecule has 0 bridgehead atoms. The Morgan fingerprint density at radius 1 is 1.29 bits per heavy atom. The van der Waals surface area contributed by atoms with Gasteiger partial charge in [0.15, 0.2) is 0 Å². The summed E-state index contributed by atoms with van der Waals surface area (Å²) in [6.07, 6.45) is 2.09. The fraction of sp³-hybridized carbons (Fsp3) is 0.167. The van der Waals surface area contributed by atoms with Crippen LogP contribution in [-0.2, 0) is 16.0 Å². The molecule has 5 nitrogen and oxygen atoms in total. The molecule has 17 heavy (non-hydrogen) atoms. The van der Waals surface area contributed by atoms with E-state index in [4.69, 9.17) is 11.5 Å². The number of aromatic amines is 1. The quantitative estimate of drug-likeness (QED) is 0.650. The Balaban J connectivity index is 2.24. The standard InChI is InChI=1S/C12H13N3O2/c13-9(11(16)12(14)17)5-7-6-15-10-4-2-1-3-8(7)10/h1-4,6,9,15H,5,13H2,(H2,14,17)/t9-/m0/s1. The van der Waals surface area contributed by atoms with E-state index in [0.717, 1.165) is 16.5 Å². The molecule has 0 unspecified atom stereocenters. The Kier molecular flexibility index (Phi) is 2.93. The molecule has 1 aromatic carbocycles. The summed E-state index contributed by atoms with van der Waals surface area (Å²) in [5, 5.41) is 1.00. The first-order valence-electron chi connectivity index (χ1n) is 5.24. The number of rotatable bonds is 4. The summed E-state index contributed by atoms with van der Waals surface area (Å²) < 4.78 is 0. The maximum Gasteiger partial charge on any atom is 0.286 e. The van der Waals surface area contributed by atoms with E-state index in [2.05, 4.69) is 4.98 Å². The molecule has 5 N–H and O–H groups in total. The number of carbonyl (C=O) groups excluding carboxylic acids is 2. The first-order chi connectivity index (χ1) is 8.09. The third-order valence-electron chi connectivity index (χ3n) is 2.69. The van der Waals surface area contributed by atoms with Crippen molar-refractivity contribution in [2.75, 3.05) is 0 Å². The van der Waals surface area contributed by atoms with Crippen LogP contribution in [0.3, 0.4) is 0 Å². The molecule has 0 fully saturated rings. The van der Waals surface area contributed by atoms with Gasteiger partial charge in [0.1, 0.15) is 0 Å². The monoisotopic (exact) mass is 231 g/mol. The Morgan fingerprint density at radius 2 is 2.00 bits per heavy atom. The number of carbonyl (C=O) groups is 2. The van der Waals surface area contributed by atoms with Gasteiger partial charge in [-0.1, -0.05) is 18.2 Å². The van der Waals surface area contributed by atoms with Crippen LogP contribution in [-0.4, -0.2) is 22.7 Å². The minimum atomic E-state index is -0.989. The highest BCUT2D eigenvalue weighted by atomic mass is 16.2. The molecule has 0 spiro atoms. The summed E-state index contributed by atoms with van der Waals surface area (Å²) in [6.45, 7) is 0. The highest BCUT2D eigenvalue weighted by Crippen LogP contribution is 2.18. The SMILES string of the molecule is NC(=O)C(=O)[C@@H](N)Cc1c[nH]c2ccccc12. The van der Waals surface area contributed by atoms with Gasteiger partial charge in [-0.05, 0) is 18.1 Å². The largest absolute Gasteiger partial charge is 0.363 e. The van der Waals surface area contributed by atoms with E-state index in [-0.39, 0.29) is 0 Å². The summed E-state index contributed by atoms with van der Waals surface area (Å²) in [6, 6.07) is 6.80. The first-order valence-corrected chi connectivity index (χ1v) is 5.24. The lowest BCUT2D eigenvalue weighted by atomic mass is 10.0. The predicted octanol–water partition coefficient (Wildman–Crippen LogP) is 0.0921. The lowest BCUT2D eigenvalue weighted by Gasteiger charge is -2.06. The van der Waals surface area contributed by atoms with Crippen LogP contribution in [0.5, 0.6) is 0 Å². The molecule has 1 heterocycles. The molecular formula is C12H13N3O2. The van der Waals surface area contributed by atoms with Gasteiger partial charge in [0, 0.05) is 17.1 Å². The van der Waals surface area contributed by atoms with Crippen molar-refractivity contribution in [3.8, 4) is 0 Å². The minimum Gasteiger partial charge on any atom is -0.363 e. The fourth-order valence-electron chi connectivity index (χ4n) is 1.81. The van der Waals surface area contributed by atoms with Gasteiger partial charge >= 0.3 is 0 Å². The minimum absolute atomic E-state index is 0.297. The molecule has 88 valence electrons. The summed E-state index contributed by atoms with van der Waals surface area (Å²) in [5.41, 5.74) is 12.4. The average Bonchev–Trinajstić information content (AvgIpc) is 2.71. The maximum atomic E-state index is 11.3. The topological polar surface area (TPSA) is 102 Å². The zero-order chi connectivity index (χ0) is 12.4. The number of primary amides is 1. The molecule has 1 aromatic heterocycles. The lowest BCUT2D eigenvalue weighted by Crippen LogP contribution is -2.41. The second-order valence-corrected chi connectivity index (χ2v) is 3.90. The van der Waals surface area contributed by atoms with Crippen molar-refractivity contribution >= 4 is 22.6 Å². The van der Waals surface area contributed by atoms with Crippen molar-refractivity contribution in [1.82, 2.24) is 4.98 Å². The first kappa shape index (κ1) is 11.3. The number of H-pyrrole nitrogens is 1. The number of aromatic nitrogens is 1. The highest BCUT2D eigenvalue weighted by Gasteiger charge is 2.20. The molecule has 0 aliphatic carbocycles. The van der Waals surface area contributed by atoms with E-state index in [1.165, 1.54) is 0 Å². The number of hydrogen-bond donors (Lipinski definition) is 3. The van der Waals surface area contributed by atoms with Crippen LogP contribution in [0.2, 0.25) is 0 Å². The molecule has 0 aliphatic heterocycles. The zero-order valence-electron chi connectivity index (χ0n) is 9.14. The van der Waals surface area contributed by atoms with E-state index in [0.29, 0.717) is 6.42 Å². The number of Topliss-reactive ketones (excluding diaryl/α,β-unsaturated/α-hetero) is 1. The average molecular weight is 231 g/mol. The Morgan fingerprint density at radius 3 is 2.71 bits per heavy atom. The van der Waals surface area contributed by atoms with Gasteiger partial charge in [-0.3, -0.25) is 9.59 Å². The number of fused-ring (bicyclic) bond motifs is 1. The van der Waals surface area contributed by atoms with Crippen molar-refractivity contribution < 1.29 is 9.59 Å². The summed E-state index contributed by atoms with van der Waals surface area (Å²) in [5.74, 6) is -1.73. The summed E-state index contributed by atoms with van der Waals surface area (Å²) in [7, 11) is 0. The fourth-order valence-corrected chi connectivity index (χ4v) is 1.81. The predicted molar refractivity (Wildman–Crippen MR) is 64.2 cm³/mol. The highest BCUT2D eigenvalue weighted by molar-refractivity contribution is 6.37. The third-order valence-corrected chi connectivity index (χ3v) is 2.69. The van der Waals surface area contributed by atoms with Gasteiger partial charge in [0.2, 0.25) is 5.78 Å². The van der Waals surface area contributed by atoms with E-state index in [1.54, 1.807) is 6.20 Å². The lowest BCUT2D eigenvalue weighted by molar-refractivity contribution is -0.136. The van der Waals surface area contributed by atoms with Gasteiger partial charge in [0.05, 0.1) is 6.04 Å². The van der Waals surface area contributed by atoms with Crippen LogP contribution in [0, 0.1) is 0 Å². The zero-order valence-corrected chi connectivity index (χ0v) is 9.14. The van der Waals surface area contributed by atoms with E-state index in [1.807, 2.05) is 24.3 Å². The third kappa shape index (κ3) is 2.19. The normalized spacial score (nSPS) is 12.5. The van der Waals surface area contributed by atoms with Crippen molar-refractivity contribution in [1.29, 1.82) is 0 Å². The van der Waals surface area contributed by atoms with Crippen LogP contribution in [0.15, 0.2) is 30.5 Å². The number of benzene rings is 1. The number of amides is 1. The number of ketones is 1. The maximum absolute atomic E-state index is 11.3. The molecule has 2 aromatic rings. The van der Waals surface area contributed by atoms with Crippen LogP contribution < -0.4 is 11.5 Å². The van der Waals surface area contributed by atoms with Crippen LogP contribution in [0.4, 0.5) is 0 Å². The van der Waals surface area contributed by atoms with Crippen LogP contribution in [0.1, 0.15) is 5.56 Å². The molecular weight excluding hydrogens is 218 g/mol. The number of para-hydroxylation sites is 1. The molecule has 1 atom stereocenters. The summed E-state index contributed by atoms with van der Waals surface area (Å²) >= 11 is 0. The molecule has 0 radical (unpaired) electrons. The number of nitrogens with one attached hydrogen (secondary N) is 1. The Labute approximate surface area is 97.8 Å². The number of hydrogen-bond acceptors (Lipinski definition) is 3. The molecule has 0 saturated heterocycles. The van der Waals surface area contributed by atoms with Crippen molar-refractivity contribution in [3.05, 3.63) is 36.0 Å². The molecule has 0 aliphatic rings. The van der Waals surface area contributed by atoms with Crippen molar-refractivity contribution in [2.24, 2.45) is 11.5 Å². The molecule has 2 rings (SSSR count). The Bertz CT molecular complexity index is 574. The second kappa shape index (κ2) is 4.39. The van der Waals surface area contributed by atoms with Gasteiger partial charge < -0.3 is 16.5 Å². The van der Waals surface area contributed by atoms with Crippen LogP contribution in [0.25, 0.3) is 10.9 Å². The van der Waals surface area contributed by atoms with Gasteiger partial charge in [0.25, 0.3) is 5.91 Å². The molecule has 1 amide bonds. The van der Waals surface area contributed by atoms with Gasteiger partial charge in [-0.15, -0.1) is 0 Å². The second-order valence-electron chi connectivity index (χ2n) is 3.90.